The van der Waals surface area contributed by atoms with Crippen molar-refractivity contribution in [1.29, 1.82) is 0 Å². The van der Waals surface area contributed by atoms with Crippen molar-refractivity contribution in [2.45, 2.75) is 45.3 Å². The lowest BCUT2D eigenvalue weighted by molar-refractivity contribution is -0.0789. The van der Waals surface area contributed by atoms with Gasteiger partial charge in [0.05, 0.1) is 11.7 Å². The van der Waals surface area contributed by atoms with Crippen LogP contribution in [-0.4, -0.2) is 11.7 Å². The molecule has 2 bridgehead atoms. The minimum Gasteiger partial charge on any atom is -0.366 e. The fourth-order valence-corrected chi connectivity index (χ4v) is 3.51. The number of epoxide rings is 1. The quantitative estimate of drug-likeness (QED) is 0.485. The number of hydrogen-bond donors (Lipinski definition) is 0. The van der Waals surface area contributed by atoms with Crippen molar-refractivity contribution >= 4 is 0 Å². The summed E-state index contributed by atoms with van der Waals surface area (Å²) in [6.07, 6.45) is 3.40. The standard InChI is InChI=1S/C10H16O/c1-9(2)6-4-7(9)10(3)8(5-6)11-10/h6-8H,4-5H2,1-3H3/t6-,7-,8-,10+/m1/s1. The lowest BCUT2D eigenvalue weighted by atomic mass is 9.46. The summed E-state index contributed by atoms with van der Waals surface area (Å²) in [5, 5.41) is 0. The van der Waals surface area contributed by atoms with E-state index >= 15 is 0 Å². The second-order valence-corrected chi connectivity index (χ2v) is 5.33. The van der Waals surface area contributed by atoms with Crippen molar-refractivity contribution in [2.75, 3.05) is 0 Å². The molecule has 1 nitrogen and oxygen atoms in total. The van der Waals surface area contributed by atoms with Crippen molar-refractivity contribution in [3.63, 3.8) is 0 Å². The van der Waals surface area contributed by atoms with Crippen LogP contribution in [0.1, 0.15) is 33.6 Å². The second-order valence-electron chi connectivity index (χ2n) is 5.33. The minimum atomic E-state index is 0.304. The molecule has 1 saturated heterocycles. The molecule has 11 heavy (non-hydrogen) atoms. The number of ether oxygens (including phenoxy) is 1. The SMILES string of the molecule is CC1(C)[C@@H]2C[C@H]1[C@]1(C)O[C@@H]1C2. The van der Waals surface area contributed by atoms with Crippen molar-refractivity contribution < 1.29 is 4.74 Å². The van der Waals surface area contributed by atoms with Crippen LogP contribution < -0.4 is 0 Å². The number of rotatable bonds is 0. The maximum absolute atomic E-state index is 5.75. The third kappa shape index (κ3) is 0.516. The monoisotopic (exact) mass is 152 g/mol. The Morgan fingerprint density at radius 2 is 1.91 bits per heavy atom. The predicted octanol–water partition coefficient (Wildman–Crippen LogP) is 2.21. The summed E-state index contributed by atoms with van der Waals surface area (Å²) in [5.74, 6) is 1.83. The first-order chi connectivity index (χ1) is 5.05. The van der Waals surface area contributed by atoms with E-state index in [9.17, 15) is 0 Å². The van der Waals surface area contributed by atoms with Gasteiger partial charge in [-0.1, -0.05) is 13.8 Å². The Morgan fingerprint density at radius 3 is 2.36 bits per heavy atom. The first kappa shape index (κ1) is 6.47. The molecule has 0 unspecified atom stereocenters. The molecule has 0 amide bonds. The zero-order valence-corrected chi connectivity index (χ0v) is 7.55. The van der Waals surface area contributed by atoms with Gasteiger partial charge >= 0.3 is 0 Å². The van der Waals surface area contributed by atoms with Gasteiger partial charge in [0.25, 0.3) is 0 Å². The Kier molecular flexibility index (Phi) is 0.820. The van der Waals surface area contributed by atoms with Gasteiger partial charge in [-0.2, -0.15) is 0 Å². The summed E-state index contributed by atoms with van der Waals surface area (Å²) in [6, 6.07) is 0. The van der Waals surface area contributed by atoms with Gasteiger partial charge in [0.2, 0.25) is 0 Å². The van der Waals surface area contributed by atoms with Crippen LogP contribution in [0.4, 0.5) is 0 Å². The summed E-state index contributed by atoms with van der Waals surface area (Å²) in [7, 11) is 0. The summed E-state index contributed by atoms with van der Waals surface area (Å²) in [5.41, 5.74) is 0.889. The van der Waals surface area contributed by atoms with Crippen LogP contribution in [0.2, 0.25) is 0 Å². The van der Waals surface area contributed by atoms with Gasteiger partial charge in [0, 0.05) is 0 Å². The summed E-state index contributed by atoms with van der Waals surface area (Å²) in [6.45, 7) is 7.13. The third-order valence-electron chi connectivity index (χ3n) is 4.64. The molecule has 62 valence electrons. The van der Waals surface area contributed by atoms with E-state index in [1.165, 1.54) is 12.8 Å². The Balaban J connectivity index is 1.98. The van der Waals surface area contributed by atoms with Crippen molar-refractivity contribution in [2.24, 2.45) is 17.3 Å². The smallest absolute Gasteiger partial charge is 0.0953 e. The lowest BCUT2D eigenvalue weighted by Gasteiger charge is -2.57. The normalized spacial score (nSPS) is 63.0. The first-order valence-electron chi connectivity index (χ1n) is 4.73. The van der Waals surface area contributed by atoms with E-state index in [1.807, 2.05) is 0 Å². The molecule has 0 N–H and O–H groups in total. The van der Waals surface area contributed by atoms with Crippen molar-refractivity contribution in [3.8, 4) is 0 Å². The van der Waals surface area contributed by atoms with Gasteiger partial charge < -0.3 is 4.74 Å². The van der Waals surface area contributed by atoms with Gasteiger partial charge in [-0.05, 0) is 37.0 Å². The molecule has 3 aliphatic carbocycles. The van der Waals surface area contributed by atoms with Crippen LogP contribution in [0.25, 0.3) is 0 Å². The molecule has 0 aromatic heterocycles. The average molecular weight is 152 g/mol. The molecule has 4 fully saturated rings. The highest BCUT2D eigenvalue weighted by molar-refractivity contribution is 5.20. The molecular formula is C10H16O. The first-order valence-corrected chi connectivity index (χ1v) is 4.73. The largest absolute Gasteiger partial charge is 0.366 e. The molecule has 1 heterocycles. The van der Waals surface area contributed by atoms with Crippen LogP contribution in [0.15, 0.2) is 0 Å². The Morgan fingerprint density at radius 1 is 1.18 bits per heavy atom. The van der Waals surface area contributed by atoms with Gasteiger partial charge in [-0.3, -0.25) is 0 Å². The van der Waals surface area contributed by atoms with Gasteiger partial charge in [0.1, 0.15) is 0 Å². The topological polar surface area (TPSA) is 12.5 Å². The maximum Gasteiger partial charge on any atom is 0.0953 e. The average Bonchev–Trinajstić information content (AvgIpc) is 2.58. The fourth-order valence-electron chi connectivity index (χ4n) is 3.51. The van der Waals surface area contributed by atoms with E-state index in [4.69, 9.17) is 4.74 Å². The van der Waals surface area contributed by atoms with Crippen LogP contribution in [0.3, 0.4) is 0 Å². The van der Waals surface area contributed by atoms with E-state index in [-0.39, 0.29) is 0 Å². The zero-order chi connectivity index (χ0) is 7.85. The molecule has 4 aliphatic rings. The van der Waals surface area contributed by atoms with E-state index < -0.39 is 0 Å². The molecular weight excluding hydrogens is 136 g/mol. The molecule has 3 saturated carbocycles. The molecule has 0 spiro atoms. The molecule has 0 aromatic carbocycles. The Bertz CT molecular complexity index is 216. The van der Waals surface area contributed by atoms with Crippen molar-refractivity contribution in [3.05, 3.63) is 0 Å². The molecule has 1 heteroatoms. The Labute approximate surface area is 68.1 Å². The van der Waals surface area contributed by atoms with Crippen LogP contribution in [-0.2, 0) is 4.74 Å². The van der Waals surface area contributed by atoms with E-state index in [0.717, 1.165) is 11.8 Å². The van der Waals surface area contributed by atoms with Gasteiger partial charge in [0.15, 0.2) is 0 Å². The highest BCUT2D eigenvalue weighted by Crippen LogP contribution is 2.70. The van der Waals surface area contributed by atoms with Crippen molar-refractivity contribution in [1.82, 2.24) is 0 Å². The highest BCUT2D eigenvalue weighted by Gasteiger charge is 2.72. The highest BCUT2D eigenvalue weighted by atomic mass is 16.6. The van der Waals surface area contributed by atoms with E-state index in [2.05, 4.69) is 20.8 Å². The van der Waals surface area contributed by atoms with Crippen LogP contribution in [0.5, 0.6) is 0 Å². The molecule has 0 radical (unpaired) electrons. The molecule has 1 aliphatic heterocycles. The second kappa shape index (κ2) is 1.39. The molecule has 0 aromatic rings. The van der Waals surface area contributed by atoms with Crippen LogP contribution >= 0.6 is 0 Å². The summed E-state index contributed by atoms with van der Waals surface area (Å²) < 4.78 is 5.75. The maximum atomic E-state index is 5.75. The molecule has 4 rings (SSSR count). The van der Waals surface area contributed by atoms with E-state index in [0.29, 0.717) is 17.1 Å². The third-order valence-corrected chi connectivity index (χ3v) is 4.64. The minimum absolute atomic E-state index is 0.304. The summed E-state index contributed by atoms with van der Waals surface area (Å²) in [4.78, 5) is 0. The van der Waals surface area contributed by atoms with Gasteiger partial charge in [-0.25, -0.2) is 0 Å². The lowest BCUT2D eigenvalue weighted by Crippen LogP contribution is -2.56. The fraction of sp³-hybridized carbons (Fsp3) is 1.00. The predicted molar refractivity (Wildman–Crippen MR) is 43.3 cm³/mol. The summed E-state index contributed by atoms with van der Waals surface area (Å²) >= 11 is 0. The van der Waals surface area contributed by atoms with E-state index in [1.54, 1.807) is 0 Å². The zero-order valence-electron chi connectivity index (χ0n) is 7.55. The molecule has 4 atom stereocenters. The van der Waals surface area contributed by atoms with Gasteiger partial charge in [-0.15, -0.1) is 0 Å². The Hall–Kier alpha value is -0.0400. The number of hydrogen-bond acceptors (Lipinski definition) is 1. The van der Waals surface area contributed by atoms with Crippen LogP contribution in [0, 0.1) is 17.3 Å².